The van der Waals surface area contributed by atoms with Gasteiger partial charge < -0.3 is 4.74 Å². The second-order valence-corrected chi connectivity index (χ2v) is 6.07. The van der Waals surface area contributed by atoms with Crippen LogP contribution in [-0.4, -0.2) is 11.8 Å². The molecule has 0 atom stereocenters. The summed E-state index contributed by atoms with van der Waals surface area (Å²) in [6.07, 6.45) is 0. The van der Waals surface area contributed by atoms with E-state index < -0.39 is 5.91 Å². The fraction of sp³-hybridized carbons (Fsp3) is 0.0909. The van der Waals surface area contributed by atoms with E-state index in [9.17, 15) is 9.59 Å². The maximum atomic E-state index is 12.2. The van der Waals surface area contributed by atoms with Gasteiger partial charge in [-0.05, 0) is 48.9 Å². The van der Waals surface area contributed by atoms with Gasteiger partial charge in [0.15, 0.2) is 0 Å². The molecule has 0 aliphatic heterocycles. The van der Waals surface area contributed by atoms with Crippen LogP contribution in [0, 0.1) is 6.92 Å². The van der Waals surface area contributed by atoms with Crippen LogP contribution in [0.15, 0.2) is 78.9 Å². The minimum absolute atomic E-state index is 0.369. The minimum Gasteiger partial charge on any atom is -0.489 e. The summed E-state index contributed by atoms with van der Waals surface area (Å²) in [6, 6.07) is 23.7. The number of aryl methyl sites for hydroxylation is 1. The number of carbonyl (C=O) groups excluding carboxylic acids is 2. The van der Waals surface area contributed by atoms with Crippen molar-refractivity contribution in [2.24, 2.45) is 0 Å². The summed E-state index contributed by atoms with van der Waals surface area (Å²) in [4.78, 5) is 24.2. The molecular formula is C22H20N2O3. The zero-order chi connectivity index (χ0) is 19.1. The normalized spacial score (nSPS) is 10.1. The first-order valence-corrected chi connectivity index (χ1v) is 8.56. The first kappa shape index (κ1) is 18.2. The predicted octanol–water partition coefficient (Wildman–Crippen LogP) is 3.65. The van der Waals surface area contributed by atoms with Crippen LogP contribution in [0.2, 0.25) is 0 Å². The SMILES string of the molecule is Cc1ccc(C(=O)NNC(=O)c2ccc(OCc3ccccc3)cc2)cc1. The Bertz CT molecular complexity index is 905. The third-order valence-electron chi connectivity index (χ3n) is 3.97. The molecule has 2 N–H and O–H groups in total. The van der Waals surface area contributed by atoms with Crippen molar-refractivity contribution in [1.82, 2.24) is 10.9 Å². The van der Waals surface area contributed by atoms with Gasteiger partial charge in [-0.3, -0.25) is 20.4 Å². The van der Waals surface area contributed by atoms with Crippen LogP contribution in [0.1, 0.15) is 31.8 Å². The molecule has 0 bridgehead atoms. The Morgan fingerprint density at radius 1 is 0.741 bits per heavy atom. The molecule has 0 saturated carbocycles. The van der Waals surface area contributed by atoms with Crippen LogP contribution in [-0.2, 0) is 6.61 Å². The van der Waals surface area contributed by atoms with E-state index in [1.165, 1.54) is 0 Å². The number of rotatable bonds is 5. The molecule has 3 aromatic carbocycles. The number of benzene rings is 3. The van der Waals surface area contributed by atoms with Gasteiger partial charge in [-0.1, -0.05) is 48.0 Å². The van der Waals surface area contributed by atoms with Crippen molar-refractivity contribution in [1.29, 1.82) is 0 Å². The van der Waals surface area contributed by atoms with E-state index in [0.717, 1.165) is 11.1 Å². The Morgan fingerprint density at radius 2 is 1.26 bits per heavy atom. The van der Waals surface area contributed by atoms with Crippen LogP contribution >= 0.6 is 0 Å². The summed E-state index contributed by atoms with van der Waals surface area (Å²) < 4.78 is 5.69. The van der Waals surface area contributed by atoms with Crippen molar-refractivity contribution < 1.29 is 14.3 Å². The van der Waals surface area contributed by atoms with Crippen LogP contribution in [0.25, 0.3) is 0 Å². The van der Waals surface area contributed by atoms with E-state index in [1.807, 2.05) is 49.4 Å². The van der Waals surface area contributed by atoms with Crippen molar-refractivity contribution >= 4 is 11.8 Å². The maximum Gasteiger partial charge on any atom is 0.269 e. The molecule has 0 heterocycles. The summed E-state index contributed by atoms with van der Waals surface area (Å²) in [5.41, 5.74) is 7.85. The highest BCUT2D eigenvalue weighted by molar-refractivity contribution is 5.99. The lowest BCUT2D eigenvalue weighted by molar-refractivity contribution is 0.0846. The lowest BCUT2D eigenvalue weighted by Crippen LogP contribution is -2.41. The lowest BCUT2D eigenvalue weighted by atomic mass is 10.1. The number of ether oxygens (including phenoxy) is 1. The molecule has 0 fully saturated rings. The zero-order valence-corrected chi connectivity index (χ0v) is 14.9. The van der Waals surface area contributed by atoms with Crippen molar-refractivity contribution in [3.63, 3.8) is 0 Å². The first-order chi connectivity index (χ1) is 13.1. The number of hydrogen-bond donors (Lipinski definition) is 2. The van der Waals surface area contributed by atoms with Gasteiger partial charge in [0.2, 0.25) is 0 Å². The number of carbonyl (C=O) groups is 2. The smallest absolute Gasteiger partial charge is 0.269 e. The summed E-state index contributed by atoms with van der Waals surface area (Å²) in [7, 11) is 0. The van der Waals surface area contributed by atoms with E-state index in [2.05, 4.69) is 10.9 Å². The van der Waals surface area contributed by atoms with E-state index in [1.54, 1.807) is 36.4 Å². The predicted molar refractivity (Wildman–Crippen MR) is 103 cm³/mol. The molecule has 0 aliphatic rings. The first-order valence-electron chi connectivity index (χ1n) is 8.56. The fourth-order valence-electron chi connectivity index (χ4n) is 2.41. The van der Waals surface area contributed by atoms with Crippen molar-refractivity contribution in [2.45, 2.75) is 13.5 Å². The molecule has 0 radical (unpaired) electrons. The minimum atomic E-state index is -0.398. The molecule has 0 aliphatic carbocycles. The fourth-order valence-corrected chi connectivity index (χ4v) is 2.41. The summed E-state index contributed by atoms with van der Waals surface area (Å²) in [6.45, 7) is 2.40. The molecule has 3 rings (SSSR count). The Labute approximate surface area is 158 Å². The number of nitrogens with one attached hydrogen (secondary N) is 2. The maximum absolute atomic E-state index is 12.2. The lowest BCUT2D eigenvalue weighted by Gasteiger charge is -2.09. The monoisotopic (exact) mass is 360 g/mol. The average molecular weight is 360 g/mol. The van der Waals surface area contributed by atoms with Gasteiger partial charge in [0.05, 0.1) is 0 Å². The molecule has 2 amide bonds. The largest absolute Gasteiger partial charge is 0.489 e. The van der Waals surface area contributed by atoms with Crippen molar-refractivity contribution in [3.8, 4) is 5.75 Å². The van der Waals surface area contributed by atoms with Crippen molar-refractivity contribution in [3.05, 3.63) is 101 Å². The molecule has 136 valence electrons. The summed E-state index contributed by atoms with van der Waals surface area (Å²) >= 11 is 0. The second kappa shape index (κ2) is 8.67. The van der Waals surface area contributed by atoms with E-state index >= 15 is 0 Å². The molecule has 0 saturated heterocycles. The number of hydrogen-bond acceptors (Lipinski definition) is 3. The molecule has 3 aromatic rings. The quantitative estimate of drug-likeness (QED) is 0.683. The van der Waals surface area contributed by atoms with Gasteiger partial charge in [0.25, 0.3) is 11.8 Å². The van der Waals surface area contributed by atoms with Crippen LogP contribution in [0.4, 0.5) is 0 Å². The molecule has 0 unspecified atom stereocenters. The Kier molecular flexibility index (Phi) is 5.84. The van der Waals surface area contributed by atoms with Crippen LogP contribution in [0.5, 0.6) is 5.75 Å². The van der Waals surface area contributed by atoms with Crippen LogP contribution < -0.4 is 15.6 Å². The molecule has 27 heavy (non-hydrogen) atoms. The van der Waals surface area contributed by atoms with Gasteiger partial charge in [-0.2, -0.15) is 0 Å². The average Bonchev–Trinajstić information content (AvgIpc) is 2.72. The highest BCUT2D eigenvalue weighted by atomic mass is 16.5. The highest BCUT2D eigenvalue weighted by Crippen LogP contribution is 2.14. The molecule has 0 spiro atoms. The van der Waals surface area contributed by atoms with Gasteiger partial charge in [-0.15, -0.1) is 0 Å². The summed E-state index contributed by atoms with van der Waals surface area (Å²) in [5, 5.41) is 0. The van der Waals surface area contributed by atoms with E-state index in [-0.39, 0.29) is 5.91 Å². The third-order valence-corrected chi connectivity index (χ3v) is 3.97. The Balaban J connectivity index is 1.51. The summed E-state index contributed by atoms with van der Waals surface area (Å²) in [5.74, 6) is -0.102. The zero-order valence-electron chi connectivity index (χ0n) is 14.9. The Morgan fingerprint density at radius 3 is 1.81 bits per heavy atom. The topological polar surface area (TPSA) is 67.4 Å². The Hall–Kier alpha value is -3.60. The molecule has 0 aromatic heterocycles. The molecule has 5 heteroatoms. The highest BCUT2D eigenvalue weighted by Gasteiger charge is 2.09. The van der Waals surface area contributed by atoms with Crippen molar-refractivity contribution in [2.75, 3.05) is 0 Å². The van der Waals surface area contributed by atoms with Gasteiger partial charge in [-0.25, -0.2) is 0 Å². The molecule has 5 nitrogen and oxygen atoms in total. The van der Waals surface area contributed by atoms with Crippen LogP contribution in [0.3, 0.4) is 0 Å². The van der Waals surface area contributed by atoms with E-state index in [0.29, 0.717) is 23.5 Å². The van der Waals surface area contributed by atoms with E-state index in [4.69, 9.17) is 4.74 Å². The van der Waals surface area contributed by atoms with Gasteiger partial charge in [0.1, 0.15) is 12.4 Å². The third kappa shape index (κ3) is 5.19. The number of hydrazine groups is 1. The standard InChI is InChI=1S/C22H20N2O3/c1-16-7-9-18(10-8-16)21(25)23-24-22(26)19-11-13-20(14-12-19)27-15-17-5-3-2-4-6-17/h2-14H,15H2,1H3,(H,23,25)(H,24,26). The van der Waals surface area contributed by atoms with Gasteiger partial charge in [0, 0.05) is 11.1 Å². The van der Waals surface area contributed by atoms with Gasteiger partial charge >= 0.3 is 0 Å². The second-order valence-electron chi connectivity index (χ2n) is 6.07. The molecular weight excluding hydrogens is 340 g/mol. The number of amides is 2.